The van der Waals surface area contributed by atoms with Crippen LogP contribution in [0.2, 0.25) is 0 Å². The van der Waals surface area contributed by atoms with Crippen LogP contribution < -0.4 is 10.1 Å². The number of nitrogens with one attached hydrogen (secondary N) is 1. The van der Waals surface area contributed by atoms with E-state index in [1.165, 1.54) is 16.7 Å². The lowest BCUT2D eigenvalue weighted by atomic mass is 9.83. The van der Waals surface area contributed by atoms with Gasteiger partial charge in [0.1, 0.15) is 5.75 Å². The van der Waals surface area contributed by atoms with Crippen LogP contribution in [0.3, 0.4) is 0 Å². The fourth-order valence-electron chi connectivity index (χ4n) is 2.24. The summed E-state index contributed by atoms with van der Waals surface area (Å²) in [5, 5.41) is 3.37. The van der Waals surface area contributed by atoms with Crippen LogP contribution in [0.25, 0.3) is 6.08 Å². The summed E-state index contributed by atoms with van der Waals surface area (Å²) < 4.78 is 5.28. The third-order valence-corrected chi connectivity index (χ3v) is 3.77. The second-order valence-electron chi connectivity index (χ2n) is 5.11. The van der Waals surface area contributed by atoms with Crippen molar-refractivity contribution in [1.29, 1.82) is 0 Å². The molecule has 92 valence electrons. The van der Waals surface area contributed by atoms with Crippen LogP contribution in [0.4, 0.5) is 0 Å². The first kappa shape index (κ1) is 12.2. The van der Waals surface area contributed by atoms with Gasteiger partial charge in [0, 0.05) is 5.54 Å². The number of ether oxygens (including phenoxy) is 1. The Morgan fingerprint density at radius 3 is 2.65 bits per heavy atom. The first-order chi connectivity index (χ1) is 8.06. The van der Waals surface area contributed by atoms with E-state index < -0.39 is 0 Å². The first-order valence-electron chi connectivity index (χ1n) is 6.13. The molecule has 0 fully saturated rings. The van der Waals surface area contributed by atoms with Gasteiger partial charge < -0.3 is 10.1 Å². The molecule has 0 amide bonds. The summed E-state index contributed by atoms with van der Waals surface area (Å²) in [4.78, 5) is 0. The van der Waals surface area contributed by atoms with Crippen LogP contribution >= 0.6 is 0 Å². The number of hydrogen-bond acceptors (Lipinski definition) is 2. The summed E-state index contributed by atoms with van der Waals surface area (Å²) in [5.74, 6) is 0.934. The van der Waals surface area contributed by atoms with Crippen molar-refractivity contribution in [3.8, 4) is 5.75 Å². The van der Waals surface area contributed by atoms with Gasteiger partial charge in [-0.1, -0.05) is 12.1 Å². The molecule has 0 heterocycles. The molecule has 0 aliphatic heterocycles. The van der Waals surface area contributed by atoms with Gasteiger partial charge in [0.05, 0.1) is 7.11 Å². The molecule has 1 aliphatic rings. The summed E-state index contributed by atoms with van der Waals surface area (Å²) >= 11 is 0. The molecule has 0 saturated carbocycles. The second kappa shape index (κ2) is 4.53. The van der Waals surface area contributed by atoms with E-state index in [4.69, 9.17) is 4.74 Å². The molecule has 0 saturated heterocycles. The Labute approximate surface area is 104 Å². The van der Waals surface area contributed by atoms with Gasteiger partial charge in [-0.15, -0.1) is 0 Å². The number of benzene rings is 1. The van der Waals surface area contributed by atoms with Crippen LogP contribution in [0.15, 0.2) is 23.8 Å². The minimum Gasteiger partial charge on any atom is -0.497 e. The molecule has 17 heavy (non-hydrogen) atoms. The molecule has 1 aromatic rings. The molecular weight excluding hydrogens is 210 g/mol. The number of hydrogen-bond donors (Lipinski definition) is 1. The summed E-state index contributed by atoms with van der Waals surface area (Å²) in [5.41, 5.74) is 4.25. The highest BCUT2D eigenvalue weighted by Gasteiger charge is 2.23. The smallest absolute Gasteiger partial charge is 0.119 e. The highest BCUT2D eigenvalue weighted by Crippen LogP contribution is 2.32. The summed E-state index contributed by atoms with van der Waals surface area (Å²) in [6.45, 7) is 4.45. The normalized spacial score (nSPS) is 15.2. The second-order valence-corrected chi connectivity index (χ2v) is 5.11. The molecule has 0 spiro atoms. The van der Waals surface area contributed by atoms with E-state index in [0.717, 1.165) is 18.6 Å². The molecule has 0 radical (unpaired) electrons. The molecule has 0 bridgehead atoms. The minimum atomic E-state index is 0.0702. The van der Waals surface area contributed by atoms with Gasteiger partial charge in [-0.05, 0) is 62.6 Å². The topological polar surface area (TPSA) is 21.3 Å². The van der Waals surface area contributed by atoms with Crippen molar-refractivity contribution >= 4 is 6.08 Å². The van der Waals surface area contributed by atoms with Gasteiger partial charge in [0.25, 0.3) is 0 Å². The van der Waals surface area contributed by atoms with Crippen LogP contribution in [0, 0.1) is 0 Å². The number of methoxy groups -OCH3 is 1. The van der Waals surface area contributed by atoms with Crippen LogP contribution in [0.1, 0.15) is 31.4 Å². The molecule has 0 unspecified atom stereocenters. The van der Waals surface area contributed by atoms with E-state index in [0.29, 0.717) is 0 Å². The maximum absolute atomic E-state index is 5.28. The van der Waals surface area contributed by atoms with E-state index >= 15 is 0 Å². The zero-order valence-electron chi connectivity index (χ0n) is 11.1. The first-order valence-corrected chi connectivity index (χ1v) is 6.13. The minimum absolute atomic E-state index is 0.0702. The Kier molecular flexibility index (Phi) is 3.25. The zero-order valence-corrected chi connectivity index (χ0v) is 11.1. The average Bonchev–Trinajstić information content (AvgIpc) is 2.37. The molecule has 0 aromatic heterocycles. The quantitative estimate of drug-likeness (QED) is 0.863. The SMILES string of the molecule is CNC(C)(C)C1=Cc2cc(OC)ccc2CC1. The van der Waals surface area contributed by atoms with Crippen molar-refractivity contribution in [1.82, 2.24) is 5.32 Å². The van der Waals surface area contributed by atoms with Gasteiger partial charge in [-0.2, -0.15) is 0 Å². The van der Waals surface area contributed by atoms with Crippen molar-refractivity contribution in [3.63, 3.8) is 0 Å². The van der Waals surface area contributed by atoms with Crippen LogP contribution in [-0.4, -0.2) is 19.7 Å². The van der Waals surface area contributed by atoms with E-state index in [9.17, 15) is 0 Å². The fourth-order valence-corrected chi connectivity index (χ4v) is 2.24. The van der Waals surface area contributed by atoms with Gasteiger partial charge in [-0.25, -0.2) is 0 Å². The Balaban J connectivity index is 2.39. The lowest BCUT2D eigenvalue weighted by Crippen LogP contribution is -2.38. The molecule has 1 aromatic carbocycles. The molecule has 0 atom stereocenters. The predicted octanol–water partition coefficient (Wildman–Crippen LogP) is 3.02. The fraction of sp³-hybridized carbons (Fsp3) is 0.467. The monoisotopic (exact) mass is 231 g/mol. The van der Waals surface area contributed by atoms with Crippen molar-refractivity contribution in [2.45, 2.75) is 32.2 Å². The molecule has 2 heteroatoms. The number of aryl methyl sites for hydroxylation is 1. The molecule has 2 nitrogen and oxygen atoms in total. The summed E-state index contributed by atoms with van der Waals surface area (Å²) in [7, 11) is 3.73. The van der Waals surface area contributed by atoms with E-state index in [2.05, 4.69) is 37.4 Å². The standard InChI is InChI=1S/C15H21NO/c1-15(2,16-3)13-7-5-11-6-8-14(17-4)10-12(11)9-13/h6,8-10,16H,5,7H2,1-4H3. The number of likely N-dealkylation sites (N-methyl/N-ethyl adjacent to an activating group) is 1. The van der Waals surface area contributed by atoms with Gasteiger partial charge >= 0.3 is 0 Å². The third kappa shape index (κ3) is 2.37. The predicted molar refractivity (Wildman–Crippen MR) is 72.4 cm³/mol. The van der Waals surface area contributed by atoms with Crippen molar-refractivity contribution in [2.24, 2.45) is 0 Å². The largest absolute Gasteiger partial charge is 0.497 e. The lowest BCUT2D eigenvalue weighted by molar-refractivity contribution is 0.414. The highest BCUT2D eigenvalue weighted by molar-refractivity contribution is 5.63. The van der Waals surface area contributed by atoms with Crippen molar-refractivity contribution in [2.75, 3.05) is 14.2 Å². The molecule has 2 rings (SSSR count). The van der Waals surface area contributed by atoms with Crippen molar-refractivity contribution in [3.05, 3.63) is 34.9 Å². The van der Waals surface area contributed by atoms with Gasteiger partial charge in [0.2, 0.25) is 0 Å². The van der Waals surface area contributed by atoms with E-state index in [1.54, 1.807) is 7.11 Å². The third-order valence-electron chi connectivity index (χ3n) is 3.77. The average molecular weight is 231 g/mol. The van der Waals surface area contributed by atoms with Crippen LogP contribution in [0.5, 0.6) is 5.75 Å². The summed E-state index contributed by atoms with van der Waals surface area (Å²) in [6.07, 6.45) is 4.56. The maximum atomic E-state index is 5.28. The summed E-state index contributed by atoms with van der Waals surface area (Å²) in [6, 6.07) is 6.34. The van der Waals surface area contributed by atoms with E-state index in [1.807, 2.05) is 13.1 Å². The molecule has 1 N–H and O–H groups in total. The maximum Gasteiger partial charge on any atom is 0.119 e. The Morgan fingerprint density at radius 1 is 1.24 bits per heavy atom. The highest BCUT2D eigenvalue weighted by atomic mass is 16.5. The zero-order chi connectivity index (χ0) is 12.5. The van der Waals surface area contributed by atoms with Crippen LogP contribution in [-0.2, 0) is 6.42 Å². The van der Waals surface area contributed by atoms with Gasteiger partial charge in [0.15, 0.2) is 0 Å². The Bertz CT molecular complexity index is 446. The van der Waals surface area contributed by atoms with Crippen molar-refractivity contribution < 1.29 is 4.74 Å². The Hall–Kier alpha value is -1.28. The van der Waals surface area contributed by atoms with E-state index in [-0.39, 0.29) is 5.54 Å². The Morgan fingerprint density at radius 2 is 2.00 bits per heavy atom. The lowest BCUT2D eigenvalue weighted by Gasteiger charge is -2.31. The molecule has 1 aliphatic carbocycles. The molecular formula is C15H21NO. The number of fused-ring (bicyclic) bond motifs is 1. The van der Waals surface area contributed by atoms with Gasteiger partial charge in [-0.3, -0.25) is 0 Å². The number of rotatable bonds is 3.